The van der Waals surface area contributed by atoms with E-state index in [1.165, 1.54) is 12.0 Å². The van der Waals surface area contributed by atoms with Crippen molar-refractivity contribution in [3.8, 4) is 0 Å². The zero-order chi connectivity index (χ0) is 16.9. The summed E-state index contributed by atoms with van der Waals surface area (Å²) in [5.74, 6) is 0. The van der Waals surface area contributed by atoms with Crippen LogP contribution in [0.1, 0.15) is 30.4 Å². The molecule has 1 fully saturated rings. The number of nitrogens with one attached hydrogen (secondary N) is 1. The molecule has 2 aromatic carbocycles. The average Bonchev–Trinajstić information content (AvgIpc) is 2.60. The molecule has 3 rings (SSSR count). The molecular weight excluding hydrogens is 302 g/mol. The molecule has 1 N–H and O–H groups in total. The molecule has 1 aliphatic heterocycles. The van der Waals surface area contributed by atoms with Crippen LogP contribution in [0.2, 0.25) is 0 Å². The molecule has 5 nitrogen and oxygen atoms in total. The van der Waals surface area contributed by atoms with Crippen molar-refractivity contribution in [2.75, 3.05) is 23.3 Å². The quantitative estimate of drug-likeness (QED) is 0.649. The number of nitro groups is 1. The molecule has 0 spiro atoms. The molecule has 0 saturated carbocycles. The zero-order valence-corrected chi connectivity index (χ0v) is 14.0. The van der Waals surface area contributed by atoms with E-state index in [2.05, 4.69) is 16.3 Å². The van der Waals surface area contributed by atoms with Crippen molar-refractivity contribution in [2.24, 2.45) is 0 Å². The summed E-state index contributed by atoms with van der Waals surface area (Å²) in [6.07, 6.45) is 3.42. The number of rotatable bonds is 5. The van der Waals surface area contributed by atoms with E-state index in [1.54, 1.807) is 6.07 Å². The van der Waals surface area contributed by atoms with Crippen LogP contribution in [-0.4, -0.2) is 18.0 Å². The highest BCUT2D eigenvalue weighted by atomic mass is 16.6. The molecule has 126 valence electrons. The van der Waals surface area contributed by atoms with E-state index in [-0.39, 0.29) is 10.6 Å². The van der Waals surface area contributed by atoms with Gasteiger partial charge in [-0.05, 0) is 55.5 Å². The van der Waals surface area contributed by atoms with E-state index < -0.39 is 0 Å². The second-order valence-corrected chi connectivity index (χ2v) is 6.35. The summed E-state index contributed by atoms with van der Waals surface area (Å²) in [5, 5.41) is 14.8. The van der Waals surface area contributed by atoms with E-state index in [1.807, 2.05) is 37.3 Å². The SMILES string of the molecule is Cc1cccc(NCc2ccc(N3CCCCC3)c([N+](=O)[O-])c2)c1. The first-order valence-electron chi connectivity index (χ1n) is 8.46. The van der Waals surface area contributed by atoms with Gasteiger partial charge in [0.15, 0.2) is 0 Å². The fourth-order valence-corrected chi connectivity index (χ4v) is 3.19. The van der Waals surface area contributed by atoms with Crippen molar-refractivity contribution in [1.29, 1.82) is 0 Å². The van der Waals surface area contributed by atoms with E-state index in [0.717, 1.165) is 42.9 Å². The molecule has 2 aromatic rings. The van der Waals surface area contributed by atoms with Crippen molar-refractivity contribution in [3.05, 3.63) is 63.7 Å². The van der Waals surface area contributed by atoms with Gasteiger partial charge in [0.25, 0.3) is 5.69 Å². The van der Waals surface area contributed by atoms with Crippen LogP contribution in [0.25, 0.3) is 0 Å². The predicted molar refractivity (Wildman–Crippen MR) is 97.7 cm³/mol. The monoisotopic (exact) mass is 325 g/mol. The Kier molecular flexibility index (Phi) is 4.99. The zero-order valence-electron chi connectivity index (χ0n) is 14.0. The van der Waals surface area contributed by atoms with Crippen molar-refractivity contribution < 1.29 is 4.92 Å². The van der Waals surface area contributed by atoms with Crippen LogP contribution in [0.15, 0.2) is 42.5 Å². The first kappa shape index (κ1) is 16.3. The lowest BCUT2D eigenvalue weighted by Gasteiger charge is -2.28. The normalized spacial score (nSPS) is 14.5. The van der Waals surface area contributed by atoms with Crippen LogP contribution in [0, 0.1) is 17.0 Å². The summed E-state index contributed by atoms with van der Waals surface area (Å²) in [7, 11) is 0. The second kappa shape index (κ2) is 7.34. The van der Waals surface area contributed by atoms with Gasteiger partial charge in [0, 0.05) is 31.4 Å². The summed E-state index contributed by atoms with van der Waals surface area (Å²) < 4.78 is 0. The molecule has 0 atom stereocenters. The molecule has 24 heavy (non-hydrogen) atoms. The number of nitro benzene ring substituents is 1. The number of hydrogen-bond donors (Lipinski definition) is 1. The number of nitrogens with zero attached hydrogens (tertiary/aromatic N) is 2. The number of anilines is 2. The number of piperidine rings is 1. The van der Waals surface area contributed by atoms with E-state index in [9.17, 15) is 10.1 Å². The lowest BCUT2D eigenvalue weighted by Crippen LogP contribution is -2.30. The van der Waals surface area contributed by atoms with Crippen LogP contribution < -0.4 is 10.2 Å². The summed E-state index contributed by atoms with van der Waals surface area (Å²) in [4.78, 5) is 13.4. The van der Waals surface area contributed by atoms with Crippen molar-refractivity contribution in [2.45, 2.75) is 32.7 Å². The molecule has 1 heterocycles. The molecule has 1 aliphatic rings. The van der Waals surface area contributed by atoms with E-state index in [0.29, 0.717) is 6.54 Å². The summed E-state index contributed by atoms with van der Waals surface area (Å²) in [5.41, 5.74) is 4.09. The fourth-order valence-electron chi connectivity index (χ4n) is 3.19. The number of hydrogen-bond acceptors (Lipinski definition) is 4. The van der Waals surface area contributed by atoms with Crippen molar-refractivity contribution in [1.82, 2.24) is 0 Å². The van der Waals surface area contributed by atoms with Crippen LogP contribution in [0.3, 0.4) is 0 Å². The molecule has 1 saturated heterocycles. The first-order valence-corrected chi connectivity index (χ1v) is 8.46. The maximum atomic E-state index is 11.5. The van der Waals surface area contributed by atoms with Gasteiger partial charge in [-0.2, -0.15) is 0 Å². The Morgan fingerprint density at radius 1 is 1.12 bits per heavy atom. The van der Waals surface area contributed by atoms with Crippen LogP contribution in [-0.2, 0) is 6.54 Å². The molecule has 0 aromatic heterocycles. The van der Waals surface area contributed by atoms with Gasteiger partial charge < -0.3 is 10.2 Å². The number of aryl methyl sites for hydroxylation is 1. The summed E-state index contributed by atoms with van der Waals surface area (Å²) in [6, 6.07) is 13.7. The van der Waals surface area contributed by atoms with Gasteiger partial charge in [0.1, 0.15) is 5.69 Å². The van der Waals surface area contributed by atoms with Gasteiger partial charge in [-0.3, -0.25) is 10.1 Å². The molecule has 5 heteroatoms. The predicted octanol–water partition coefficient (Wildman–Crippen LogP) is 4.51. The van der Waals surface area contributed by atoms with Crippen LogP contribution >= 0.6 is 0 Å². The third-order valence-electron chi connectivity index (χ3n) is 4.45. The van der Waals surface area contributed by atoms with Crippen LogP contribution in [0.4, 0.5) is 17.1 Å². The molecule has 0 radical (unpaired) electrons. The molecule has 0 bridgehead atoms. The summed E-state index contributed by atoms with van der Waals surface area (Å²) in [6.45, 7) is 4.43. The lowest BCUT2D eigenvalue weighted by atomic mass is 10.1. The minimum absolute atomic E-state index is 0.209. The molecule has 0 amide bonds. The first-order chi connectivity index (χ1) is 11.6. The Bertz CT molecular complexity index is 724. The Morgan fingerprint density at radius 3 is 2.62 bits per heavy atom. The summed E-state index contributed by atoms with van der Waals surface area (Å²) >= 11 is 0. The highest BCUT2D eigenvalue weighted by Crippen LogP contribution is 2.31. The minimum Gasteiger partial charge on any atom is -0.381 e. The van der Waals surface area contributed by atoms with Crippen molar-refractivity contribution >= 4 is 17.1 Å². The minimum atomic E-state index is -0.264. The average molecular weight is 325 g/mol. The van der Waals surface area contributed by atoms with Crippen molar-refractivity contribution in [3.63, 3.8) is 0 Å². The topological polar surface area (TPSA) is 58.4 Å². The third-order valence-corrected chi connectivity index (χ3v) is 4.45. The molecular formula is C19H23N3O2. The highest BCUT2D eigenvalue weighted by Gasteiger charge is 2.21. The van der Waals surface area contributed by atoms with Gasteiger partial charge in [-0.15, -0.1) is 0 Å². The Balaban J connectivity index is 1.77. The van der Waals surface area contributed by atoms with Crippen LogP contribution in [0.5, 0.6) is 0 Å². The third kappa shape index (κ3) is 3.85. The molecule has 0 unspecified atom stereocenters. The van der Waals surface area contributed by atoms with E-state index >= 15 is 0 Å². The van der Waals surface area contributed by atoms with Gasteiger partial charge in [0.2, 0.25) is 0 Å². The molecule has 0 aliphatic carbocycles. The van der Waals surface area contributed by atoms with E-state index in [4.69, 9.17) is 0 Å². The Morgan fingerprint density at radius 2 is 1.92 bits per heavy atom. The van der Waals surface area contributed by atoms with Gasteiger partial charge in [-0.25, -0.2) is 0 Å². The maximum Gasteiger partial charge on any atom is 0.292 e. The lowest BCUT2D eigenvalue weighted by molar-refractivity contribution is -0.384. The highest BCUT2D eigenvalue weighted by molar-refractivity contribution is 5.64. The number of benzene rings is 2. The second-order valence-electron chi connectivity index (χ2n) is 6.35. The standard InChI is InChI=1S/C19H23N3O2/c1-15-6-5-7-17(12-15)20-14-16-8-9-18(19(13-16)22(23)24)21-10-3-2-4-11-21/h5-9,12-13,20H,2-4,10-11,14H2,1H3. The Labute approximate surface area is 142 Å². The largest absolute Gasteiger partial charge is 0.381 e. The van der Waals surface area contributed by atoms with Gasteiger partial charge >= 0.3 is 0 Å². The van der Waals surface area contributed by atoms with Gasteiger partial charge in [0.05, 0.1) is 4.92 Å². The smallest absolute Gasteiger partial charge is 0.292 e. The maximum absolute atomic E-state index is 11.5. The Hall–Kier alpha value is -2.56. The van der Waals surface area contributed by atoms with Gasteiger partial charge in [-0.1, -0.05) is 18.2 Å². The fraction of sp³-hybridized carbons (Fsp3) is 0.368.